The van der Waals surface area contributed by atoms with E-state index in [4.69, 9.17) is 0 Å². The van der Waals surface area contributed by atoms with Crippen LogP contribution in [0.15, 0.2) is 0 Å². The molecule has 0 bridgehead atoms. The molecule has 0 radical (unpaired) electrons. The third-order valence-corrected chi connectivity index (χ3v) is 1.99. The van der Waals surface area contributed by atoms with Crippen molar-refractivity contribution in [1.82, 2.24) is 0 Å². The van der Waals surface area contributed by atoms with E-state index in [-0.39, 0.29) is 0 Å². The Hall–Kier alpha value is -0.660. The summed E-state index contributed by atoms with van der Waals surface area (Å²) in [6.45, 7) is 6.24. The maximum atomic E-state index is 9.84. The Balaban J connectivity index is 0. The number of carbonyl (C=O) groups excluding carboxylic acids is 2. The van der Waals surface area contributed by atoms with Crippen LogP contribution in [0.4, 0.5) is 0 Å². The fourth-order valence-electron chi connectivity index (χ4n) is 1.02. The summed E-state index contributed by atoms with van der Waals surface area (Å²) >= 11 is 0. The van der Waals surface area contributed by atoms with E-state index >= 15 is 0 Å². The zero-order valence-electron chi connectivity index (χ0n) is 10.5. The van der Waals surface area contributed by atoms with E-state index in [1.54, 1.807) is 0 Å². The first-order valence-corrected chi connectivity index (χ1v) is 6.06. The van der Waals surface area contributed by atoms with E-state index in [0.29, 0.717) is 12.3 Å². The van der Waals surface area contributed by atoms with Crippen LogP contribution in [0.5, 0.6) is 0 Å². The molecule has 0 atom stereocenters. The van der Waals surface area contributed by atoms with Gasteiger partial charge in [0.05, 0.1) is 0 Å². The largest absolute Gasteiger partial charge is 0.303 e. The zero-order chi connectivity index (χ0) is 11.9. The Morgan fingerprint density at radius 3 is 1.87 bits per heavy atom. The second-order valence-electron chi connectivity index (χ2n) is 4.17. The molecule has 2 nitrogen and oxygen atoms in total. The summed E-state index contributed by atoms with van der Waals surface area (Å²) < 4.78 is 0. The Kier molecular flexibility index (Phi) is 17.6. The molecule has 0 unspecified atom stereocenters. The number of rotatable bonds is 8. The fourth-order valence-corrected chi connectivity index (χ4v) is 1.02. The third-order valence-electron chi connectivity index (χ3n) is 1.99. The van der Waals surface area contributed by atoms with E-state index < -0.39 is 0 Å². The van der Waals surface area contributed by atoms with Crippen LogP contribution < -0.4 is 0 Å². The molecule has 0 aliphatic carbocycles. The number of aldehydes is 2. The Bertz CT molecular complexity index is 130. The molecule has 0 amide bonds. The molecule has 0 aromatic carbocycles. The quantitative estimate of drug-likeness (QED) is 0.455. The highest BCUT2D eigenvalue weighted by Crippen LogP contribution is 2.02. The minimum atomic E-state index is 0.530. The highest BCUT2D eigenvalue weighted by Gasteiger charge is 1.86. The van der Waals surface area contributed by atoms with Crippen molar-refractivity contribution < 1.29 is 9.59 Å². The van der Waals surface area contributed by atoms with E-state index in [0.717, 1.165) is 25.4 Å². The van der Waals surface area contributed by atoms with Gasteiger partial charge < -0.3 is 9.59 Å². The lowest BCUT2D eigenvalue weighted by Crippen LogP contribution is -1.84. The minimum Gasteiger partial charge on any atom is -0.303 e. The number of hydrogen-bond donors (Lipinski definition) is 0. The maximum Gasteiger partial charge on any atom is 0.120 e. The molecule has 0 saturated carbocycles. The molecular formula is C13H26O2. The average Bonchev–Trinajstić information content (AvgIpc) is 2.18. The van der Waals surface area contributed by atoms with Gasteiger partial charge in [0.25, 0.3) is 0 Å². The van der Waals surface area contributed by atoms with Crippen LogP contribution in [0, 0.1) is 5.92 Å². The second-order valence-corrected chi connectivity index (χ2v) is 4.17. The van der Waals surface area contributed by atoms with Gasteiger partial charge in [-0.3, -0.25) is 0 Å². The van der Waals surface area contributed by atoms with Gasteiger partial charge in [0.15, 0.2) is 0 Å². The monoisotopic (exact) mass is 214 g/mol. The van der Waals surface area contributed by atoms with Crippen LogP contribution in [0.25, 0.3) is 0 Å². The van der Waals surface area contributed by atoms with Crippen molar-refractivity contribution in [2.24, 2.45) is 5.92 Å². The average molecular weight is 214 g/mol. The smallest absolute Gasteiger partial charge is 0.120 e. The van der Waals surface area contributed by atoms with Crippen LogP contribution in [0.1, 0.15) is 65.7 Å². The Labute approximate surface area is 94.4 Å². The van der Waals surface area contributed by atoms with E-state index in [9.17, 15) is 9.59 Å². The molecule has 90 valence electrons. The third kappa shape index (κ3) is 24.7. The lowest BCUT2D eigenvalue weighted by molar-refractivity contribution is -0.109. The van der Waals surface area contributed by atoms with Crippen LogP contribution >= 0.6 is 0 Å². The van der Waals surface area contributed by atoms with Crippen molar-refractivity contribution in [3.63, 3.8) is 0 Å². The van der Waals surface area contributed by atoms with Crippen LogP contribution in [0.2, 0.25) is 0 Å². The standard InChI is InChI=1S/C8H16O.C5H10O/c1-2-3-4-5-6-7-8-9;1-5(2)3-4-6/h8H,2-7H2,1H3;4-5H,3H2,1-2H3. The summed E-state index contributed by atoms with van der Waals surface area (Å²) in [4.78, 5) is 19.5. The molecule has 0 aromatic heterocycles. The molecule has 2 heteroatoms. The van der Waals surface area contributed by atoms with Crippen LogP contribution in [0.3, 0.4) is 0 Å². The molecule has 0 N–H and O–H groups in total. The van der Waals surface area contributed by atoms with Crippen LogP contribution in [-0.2, 0) is 9.59 Å². The number of hydrogen-bond acceptors (Lipinski definition) is 2. The normalized spacial score (nSPS) is 9.33. The lowest BCUT2D eigenvalue weighted by atomic mass is 10.1. The van der Waals surface area contributed by atoms with Gasteiger partial charge in [0, 0.05) is 12.8 Å². The SMILES string of the molecule is CC(C)CC=O.CCCCCCCC=O. The first-order chi connectivity index (χ1) is 7.18. The van der Waals surface area contributed by atoms with Crippen molar-refractivity contribution in [3.8, 4) is 0 Å². The molecule has 15 heavy (non-hydrogen) atoms. The first kappa shape index (κ1) is 16.8. The summed E-state index contributed by atoms with van der Waals surface area (Å²) in [6, 6.07) is 0. The summed E-state index contributed by atoms with van der Waals surface area (Å²) in [5.41, 5.74) is 0. The summed E-state index contributed by atoms with van der Waals surface area (Å²) in [7, 11) is 0. The van der Waals surface area contributed by atoms with Gasteiger partial charge in [-0.05, 0) is 12.3 Å². The molecule has 0 aliphatic rings. The Morgan fingerprint density at radius 1 is 0.933 bits per heavy atom. The van der Waals surface area contributed by atoms with E-state index in [2.05, 4.69) is 6.92 Å². The van der Waals surface area contributed by atoms with Gasteiger partial charge >= 0.3 is 0 Å². The van der Waals surface area contributed by atoms with Gasteiger partial charge in [-0.25, -0.2) is 0 Å². The molecule has 0 aromatic rings. The fraction of sp³-hybridized carbons (Fsp3) is 0.846. The van der Waals surface area contributed by atoms with Gasteiger partial charge in [0.2, 0.25) is 0 Å². The first-order valence-electron chi connectivity index (χ1n) is 6.06. The number of carbonyl (C=O) groups is 2. The van der Waals surface area contributed by atoms with Gasteiger partial charge in [-0.2, -0.15) is 0 Å². The summed E-state index contributed by atoms with van der Waals surface area (Å²) in [6.07, 6.45) is 9.61. The molecule has 0 aliphatic heterocycles. The van der Waals surface area contributed by atoms with Crippen molar-refractivity contribution in [2.75, 3.05) is 0 Å². The highest BCUT2D eigenvalue weighted by molar-refractivity contribution is 5.49. The predicted octanol–water partition coefficient (Wildman–Crippen LogP) is 3.78. The second kappa shape index (κ2) is 15.8. The van der Waals surface area contributed by atoms with E-state index in [1.165, 1.54) is 25.7 Å². The summed E-state index contributed by atoms with van der Waals surface area (Å²) in [5, 5.41) is 0. The molecule has 0 rings (SSSR count). The van der Waals surface area contributed by atoms with Crippen molar-refractivity contribution in [2.45, 2.75) is 65.7 Å². The Morgan fingerprint density at radius 2 is 1.53 bits per heavy atom. The van der Waals surface area contributed by atoms with Crippen molar-refractivity contribution >= 4 is 12.6 Å². The lowest BCUT2D eigenvalue weighted by Gasteiger charge is -1.93. The minimum absolute atomic E-state index is 0.530. The maximum absolute atomic E-state index is 9.84. The van der Waals surface area contributed by atoms with Crippen molar-refractivity contribution in [3.05, 3.63) is 0 Å². The topological polar surface area (TPSA) is 34.1 Å². The predicted molar refractivity (Wildman–Crippen MR) is 65.0 cm³/mol. The molecule has 0 fully saturated rings. The van der Waals surface area contributed by atoms with Crippen molar-refractivity contribution in [1.29, 1.82) is 0 Å². The summed E-state index contributed by atoms with van der Waals surface area (Å²) in [5.74, 6) is 0.530. The van der Waals surface area contributed by atoms with Gasteiger partial charge in [0.1, 0.15) is 12.6 Å². The molecular weight excluding hydrogens is 188 g/mol. The zero-order valence-corrected chi connectivity index (χ0v) is 10.5. The van der Waals surface area contributed by atoms with E-state index in [1.807, 2.05) is 13.8 Å². The highest BCUT2D eigenvalue weighted by atomic mass is 16.1. The number of unbranched alkanes of at least 4 members (excludes halogenated alkanes) is 5. The molecule has 0 heterocycles. The molecule has 0 saturated heterocycles. The van der Waals surface area contributed by atoms with Gasteiger partial charge in [-0.1, -0.05) is 46.5 Å². The van der Waals surface area contributed by atoms with Gasteiger partial charge in [-0.15, -0.1) is 0 Å². The molecule has 0 spiro atoms. The van der Waals surface area contributed by atoms with Crippen LogP contribution in [-0.4, -0.2) is 12.6 Å².